The summed E-state index contributed by atoms with van der Waals surface area (Å²) >= 11 is 0. The standard InChI is InChI=1S/C12H26N2/c1-4-12-8-11(2)9-14(10-12)7-5-6-13-3/h11-13H,4-10H2,1-3H3/t11-,12+/m0/s1. The summed E-state index contributed by atoms with van der Waals surface area (Å²) < 4.78 is 0. The maximum atomic E-state index is 3.22. The lowest BCUT2D eigenvalue weighted by Crippen LogP contribution is -2.40. The molecular weight excluding hydrogens is 172 g/mol. The van der Waals surface area contributed by atoms with E-state index in [-0.39, 0.29) is 0 Å². The second kappa shape index (κ2) is 6.41. The van der Waals surface area contributed by atoms with Gasteiger partial charge in [0, 0.05) is 13.1 Å². The van der Waals surface area contributed by atoms with Gasteiger partial charge < -0.3 is 10.2 Å². The van der Waals surface area contributed by atoms with Crippen LogP contribution in [-0.4, -0.2) is 38.1 Å². The molecule has 1 aliphatic heterocycles. The number of piperidine rings is 1. The third-order valence-electron chi connectivity index (χ3n) is 3.30. The summed E-state index contributed by atoms with van der Waals surface area (Å²) in [5.74, 6) is 1.86. The molecule has 0 amide bonds. The van der Waals surface area contributed by atoms with Crippen LogP contribution in [0, 0.1) is 11.8 Å². The van der Waals surface area contributed by atoms with Gasteiger partial charge in [0.1, 0.15) is 0 Å². The number of likely N-dealkylation sites (tertiary alicyclic amines) is 1. The molecule has 2 heteroatoms. The Bertz CT molecular complexity index is 147. The Morgan fingerprint density at radius 1 is 1.36 bits per heavy atom. The van der Waals surface area contributed by atoms with Crippen molar-refractivity contribution in [3.63, 3.8) is 0 Å². The Balaban J connectivity index is 2.23. The SMILES string of the molecule is CC[C@@H]1C[C@H](C)CN(CCCNC)C1. The zero-order valence-corrected chi connectivity index (χ0v) is 10.1. The molecule has 1 N–H and O–H groups in total. The van der Waals surface area contributed by atoms with E-state index in [9.17, 15) is 0 Å². The van der Waals surface area contributed by atoms with Crippen molar-refractivity contribution in [1.82, 2.24) is 10.2 Å². The van der Waals surface area contributed by atoms with Crippen LogP contribution in [0.15, 0.2) is 0 Å². The van der Waals surface area contributed by atoms with Gasteiger partial charge in [-0.05, 0) is 44.8 Å². The van der Waals surface area contributed by atoms with Crippen LogP contribution in [0.3, 0.4) is 0 Å². The summed E-state index contributed by atoms with van der Waals surface area (Å²) in [6.45, 7) is 9.81. The highest BCUT2D eigenvalue weighted by atomic mass is 15.1. The highest BCUT2D eigenvalue weighted by Crippen LogP contribution is 2.23. The highest BCUT2D eigenvalue weighted by Gasteiger charge is 2.22. The first kappa shape index (κ1) is 12.0. The minimum Gasteiger partial charge on any atom is -0.320 e. The summed E-state index contributed by atoms with van der Waals surface area (Å²) in [6.07, 6.45) is 4.09. The molecule has 0 unspecified atom stereocenters. The summed E-state index contributed by atoms with van der Waals surface area (Å²) in [6, 6.07) is 0. The molecule has 2 atom stereocenters. The summed E-state index contributed by atoms with van der Waals surface area (Å²) in [5, 5.41) is 3.22. The van der Waals surface area contributed by atoms with E-state index in [1.165, 1.54) is 38.9 Å². The molecule has 0 aromatic rings. The number of nitrogens with one attached hydrogen (secondary N) is 1. The maximum absolute atomic E-state index is 3.22. The van der Waals surface area contributed by atoms with E-state index in [0.717, 1.165) is 18.4 Å². The molecule has 84 valence electrons. The van der Waals surface area contributed by atoms with Crippen molar-refractivity contribution in [2.45, 2.75) is 33.1 Å². The Morgan fingerprint density at radius 2 is 2.14 bits per heavy atom. The molecule has 0 bridgehead atoms. The molecule has 14 heavy (non-hydrogen) atoms. The van der Waals surface area contributed by atoms with E-state index in [1.807, 2.05) is 7.05 Å². The number of nitrogens with zero attached hydrogens (tertiary/aromatic N) is 1. The van der Waals surface area contributed by atoms with Crippen molar-refractivity contribution in [1.29, 1.82) is 0 Å². The van der Waals surface area contributed by atoms with Gasteiger partial charge in [0.15, 0.2) is 0 Å². The predicted octanol–water partition coefficient (Wildman–Crippen LogP) is 1.96. The van der Waals surface area contributed by atoms with Crippen molar-refractivity contribution in [2.75, 3.05) is 33.2 Å². The lowest BCUT2D eigenvalue weighted by atomic mass is 9.89. The van der Waals surface area contributed by atoms with Crippen LogP contribution in [0.4, 0.5) is 0 Å². The van der Waals surface area contributed by atoms with Crippen molar-refractivity contribution < 1.29 is 0 Å². The third kappa shape index (κ3) is 3.97. The topological polar surface area (TPSA) is 15.3 Å². The largest absolute Gasteiger partial charge is 0.320 e. The molecule has 1 heterocycles. The van der Waals surface area contributed by atoms with Crippen molar-refractivity contribution in [3.8, 4) is 0 Å². The summed E-state index contributed by atoms with van der Waals surface area (Å²) in [5.41, 5.74) is 0. The van der Waals surface area contributed by atoms with Crippen LogP contribution in [0.5, 0.6) is 0 Å². The maximum Gasteiger partial charge on any atom is 0.000979 e. The molecule has 0 spiro atoms. The number of rotatable bonds is 5. The molecule has 0 saturated carbocycles. The van der Waals surface area contributed by atoms with Crippen molar-refractivity contribution in [2.24, 2.45) is 11.8 Å². The minimum absolute atomic E-state index is 0.906. The fourth-order valence-corrected chi connectivity index (χ4v) is 2.56. The molecule has 1 fully saturated rings. The van der Waals surface area contributed by atoms with Crippen LogP contribution in [0.1, 0.15) is 33.1 Å². The van der Waals surface area contributed by atoms with Gasteiger partial charge in [-0.1, -0.05) is 20.3 Å². The summed E-state index contributed by atoms with van der Waals surface area (Å²) in [4.78, 5) is 2.65. The fraction of sp³-hybridized carbons (Fsp3) is 1.00. The predicted molar refractivity (Wildman–Crippen MR) is 62.5 cm³/mol. The van der Waals surface area contributed by atoms with E-state index in [1.54, 1.807) is 0 Å². The zero-order valence-electron chi connectivity index (χ0n) is 10.1. The summed E-state index contributed by atoms with van der Waals surface area (Å²) in [7, 11) is 2.04. The average Bonchev–Trinajstić information content (AvgIpc) is 2.17. The molecule has 1 aliphatic rings. The van der Waals surface area contributed by atoms with E-state index < -0.39 is 0 Å². The van der Waals surface area contributed by atoms with Gasteiger partial charge in [-0.3, -0.25) is 0 Å². The fourth-order valence-electron chi connectivity index (χ4n) is 2.56. The first-order valence-electron chi connectivity index (χ1n) is 6.13. The van der Waals surface area contributed by atoms with Gasteiger partial charge in [-0.2, -0.15) is 0 Å². The molecule has 0 aliphatic carbocycles. The molecule has 0 aromatic carbocycles. The lowest BCUT2D eigenvalue weighted by Gasteiger charge is -2.36. The van der Waals surface area contributed by atoms with Gasteiger partial charge in [-0.25, -0.2) is 0 Å². The van der Waals surface area contributed by atoms with Crippen LogP contribution >= 0.6 is 0 Å². The van der Waals surface area contributed by atoms with Gasteiger partial charge in [0.25, 0.3) is 0 Å². The second-order valence-corrected chi connectivity index (χ2v) is 4.83. The van der Waals surface area contributed by atoms with E-state index in [2.05, 4.69) is 24.1 Å². The van der Waals surface area contributed by atoms with Gasteiger partial charge in [-0.15, -0.1) is 0 Å². The highest BCUT2D eigenvalue weighted by molar-refractivity contribution is 4.76. The Hall–Kier alpha value is -0.0800. The molecule has 0 aromatic heterocycles. The van der Waals surface area contributed by atoms with E-state index in [4.69, 9.17) is 0 Å². The number of hydrogen-bond donors (Lipinski definition) is 1. The van der Waals surface area contributed by atoms with Gasteiger partial charge >= 0.3 is 0 Å². The first-order chi connectivity index (χ1) is 6.76. The third-order valence-corrected chi connectivity index (χ3v) is 3.30. The zero-order chi connectivity index (χ0) is 10.4. The minimum atomic E-state index is 0.906. The first-order valence-corrected chi connectivity index (χ1v) is 6.13. The Kier molecular flexibility index (Phi) is 5.49. The quantitative estimate of drug-likeness (QED) is 0.679. The normalized spacial score (nSPS) is 29.4. The number of hydrogen-bond acceptors (Lipinski definition) is 2. The van der Waals surface area contributed by atoms with Crippen LogP contribution < -0.4 is 5.32 Å². The average molecular weight is 198 g/mol. The molecule has 1 saturated heterocycles. The molecular formula is C12H26N2. The Labute approximate surface area is 89.1 Å². The van der Waals surface area contributed by atoms with Gasteiger partial charge in [0.05, 0.1) is 0 Å². The van der Waals surface area contributed by atoms with Crippen molar-refractivity contribution >= 4 is 0 Å². The molecule has 0 radical (unpaired) electrons. The van der Waals surface area contributed by atoms with Crippen LogP contribution in [0.2, 0.25) is 0 Å². The monoisotopic (exact) mass is 198 g/mol. The van der Waals surface area contributed by atoms with Crippen molar-refractivity contribution in [3.05, 3.63) is 0 Å². The molecule has 2 nitrogen and oxygen atoms in total. The van der Waals surface area contributed by atoms with E-state index >= 15 is 0 Å². The van der Waals surface area contributed by atoms with Crippen LogP contribution in [0.25, 0.3) is 0 Å². The molecule has 1 rings (SSSR count). The van der Waals surface area contributed by atoms with E-state index in [0.29, 0.717) is 0 Å². The Morgan fingerprint density at radius 3 is 2.79 bits per heavy atom. The second-order valence-electron chi connectivity index (χ2n) is 4.83. The lowest BCUT2D eigenvalue weighted by molar-refractivity contribution is 0.129. The van der Waals surface area contributed by atoms with Crippen LogP contribution in [-0.2, 0) is 0 Å². The van der Waals surface area contributed by atoms with Gasteiger partial charge in [0.2, 0.25) is 0 Å². The smallest absolute Gasteiger partial charge is 0.000979 e.